The Morgan fingerprint density at radius 3 is 2.37 bits per heavy atom. The van der Waals surface area contributed by atoms with Gasteiger partial charge in [0.1, 0.15) is 5.82 Å². The van der Waals surface area contributed by atoms with Crippen molar-refractivity contribution in [3.05, 3.63) is 29.6 Å². The number of aromatic nitrogens is 3. The minimum Gasteiger partial charge on any atom is -0.367 e. The first kappa shape index (κ1) is 20.9. The summed E-state index contributed by atoms with van der Waals surface area (Å²) in [5, 5.41) is 6.23. The van der Waals surface area contributed by atoms with Gasteiger partial charge in [-0.25, -0.2) is 18.1 Å². The first-order valence-corrected chi connectivity index (χ1v) is 9.89. The van der Waals surface area contributed by atoms with Gasteiger partial charge in [-0.3, -0.25) is 4.79 Å². The van der Waals surface area contributed by atoms with Crippen LogP contribution in [0.4, 0.5) is 19.0 Å². The van der Waals surface area contributed by atoms with Gasteiger partial charge < -0.3 is 5.32 Å². The highest BCUT2D eigenvalue weighted by molar-refractivity contribution is 7.90. The third-order valence-electron chi connectivity index (χ3n) is 3.85. The molecular formula is C16H19F3N4O3S. The van der Waals surface area contributed by atoms with Crippen LogP contribution in [0.1, 0.15) is 43.2 Å². The second kappa shape index (κ2) is 7.29. The Morgan fingerprint density at radius 1 is 1.33 bits per heavy atom. The minimum atomic E-state index is -4.84. The molecule has 0 aromatic carbocycles. The molecule has 1 atom stereocenters. The summed E-state index contributed by atoms with van der Waals surface area (Å²) in [6.07, 6.45) is -2.18. The van der Waals surface area contributed by atoms with Gasteiger partial charge in [0.2, 0.25) is 0 Å². The number of hydrogen-bond donors (Lipinski definition) is 1. The van der Waals surface area contributed by atoms with Gasteiger partial charge in [-0.15, -0.1) is 0 Å². The van der Waals surface area contributed by atoms with Crippen molar-refractivity contribution in [3.63, 3.8) is 0 Å². The van der Waals surface area contributed by atoms with Gasteiger partial charge in [0.25, 0.3) is 0 Å². The molecule has 0 fully saturated rings. The average molecular weight is 404 g/mol. The SMILES string of the molecule is CCC(C)Nc1c(C(C)=O)c(C(F)(F)F)nn1-c1ccc(S(C)(=O)=O)nc1. The van der Waals surface area contributed by atoms with Crippen LogP contribution < -0.4 is 5.32 Å². The third-order valence-corrected chi connectivity index (χ3v) is 4.85. The number of alkyl halides is 3. The second-order valence-corrected chi connectivity index (χ2v) is 8.08. The number of pyridine rings is 1. The quantitative estimate of drug-likeness (QED) is 0.744. The fourth-order valence-corrected chi connectivity index (χ4v) is 2.88. The molecular weight excluding hydrogens is 385 g/mol. The van der Waals surface area contributed by atoms with Crippen LogP contribution >= 0.6 is 0 Å². The molecule has 1 unspecified atom stereocenters. The van der Waals surface area contributed by atoms with Crippen molar-refractivity contribution in [1.82, 2.24) is 14.8 Å². The van der Waals surface area contributed by atoms with Crippen LogP contribution in [0.3, 0.4) is 0 Å². The van der Waals surface area contributed by atoms with E-state index in [0.29, 0.717) is 6.42 Å². The van der Waals surface area contributed by atoms with E-state index in [9.17, 15) is 26.4 Å². The van der Waals surface area contributed by atoms with Crippen molar-refractivity contribution in [2.24, 2.45) is 0 Å². The van der Waals surface area contributed by atoms with Gasteiger partial charge >= 0.3 is 6.18 Å². The highest BCUT2D eigenvalue weighted by atomic mass is 32.2. The molecule has 27 heavy (non-hydrogen) atoms. The Hall–Kier alpha value is -2.43. The first-order chi connectivity index (χ1) is 12.4. The van der Waals surface area contributed by atoms with Gasteiger partial charge in [0, 0.05) is 12.3 Å². The van der Waals surface area contributed by atoms with Crippen LogP contribution in [-0.2, 0) is 16.0 Å². The predicted octanol–water partition coefficient (Wildman–Crippen LogP) is 3.10. The van der Waals surface area contributed by atoms with Crippen molar-refractivity contribution >= 4 is 21.4 Å². The Bertz CT molecular complexity index is 951. The fourth-order valence-electron chi connectivity index (χ4n) is 2.32. The molecule has 148 valence electrons. The average Bonchev–Trinajstić information content (AvgIpc) is 2.93. The maximum atomic E-state index is 13.4. The van der Waals surface area contributed by atoms with Crippen molar-refractivity contribution in [1.29, 1.82) is 0 Å². The number of nitrogens with one attached hydrogen (secondary N) is 1. The topological polar surface area (TPSA) is 94.0 Å². The monoisotopic (exact) mass is 404 g/mol. The molecule has 0 aliphatic heterocycles. The van der Waals surface area contributed by atoms with Crippen molar-refractivity contribution in [3.8, 4) is 5.69 Å². The summed E-state index contributed by atoms with van der Waals surface area (Å²) < 4.78 is 64.2. The van der Waals surface area contributed by atoms with E-state index >= 15 is 0 Å². The molecule has 2 rings (SSSR count). The molecule has 2 heterocycles. The minimum absolute atomic E-state index is 0.0891. The van der Waals surface area contributed by atoms with E-state index in [1.54, 1.807) is 6.92 Å². The lowest BCUT2D eigenvalue weighted by Gasteiger charge is -2.16. The zero-order valence-electron chi connectivity index (χ0n) is 15.1. The number of nitrogens with zero attached hydrogens (tertiary/aromatic N) is 3. The van der Waals surface area contributed by atoms with Gasteiger partial charge in [0.05, 0.1) is 17.4 Å². The number of rotatable bonds is 6. The standard InChI is InChI=1S/C16H19F3N4O3S/c1-5-9(2)21-15-13(10(3)24)14(16(17,18)19)22-23(15)11-6-7-12(20-8-11)27(4,25)26/h6-9,21H,5H2,1-4H3. The Kier molecular flexibility index (Phi) is 5.64. The largest absolute Gasteiger partial charge is 0.435 e. The molecule has 1 N–H and O–H groups in total. The molecule has 0 aliphatic rings. The van der Waals surface area contributed by atoms with E-state index < -0.39 is 33.1 Å². The number of hydrogen-bond acceptors (Lipinski definition) is 6. The van der Waals surface area contributed by atoms with Crippen molar-refractivity contribution in [2.75, 3.05) is 11.6 Å². The fraction of sp³-hybridized carbons (Fsp3) is 0.438. The molecule has 0 amide bonds. The summed E-state index contributed by atoms with van der Waals surface area (Å²) in [5.41, 5.74) is -1.80. The zero-order valence-corrected chi connectivity index (χ0v) is 15.9. The Labute approximate surface area is 154 Å². The lowest BCUT2D eigenvalue weighted by Crippen LogP contribution is -2.18. The van der Waals surface area contributed by atoms with Gasteiger partial charge in [0.15, 0.2) is 26.3 Å². The van der Waals surface area contributed by atoms with Crippen LogP contribution in [0.15, 0.2) is 23.4 Å². The maximum Gasteiger partial charge on any atom is 0.435 e. The molecule has 2 aromatic heterocycles. The number of Topliss-reactive ketones (excluding diaryl/α,β-unsaturated/α-hetero) is 1. The summed E-state index contributed by atoms with van der Waals surface area (Å²) >= 11 is 0. The summed E-state index contributed by atoms with van der Waals surface area (Å²) in [6, 6.07) is 2.21. The molecule has 0 bridgehead atoms. The maximum absolute atomic E-state index is 13.4. The van der Waals surface area contributed by atoms with E-state index in [-0.39, 0.29) is 22.6 Å². The second-order valence-electron chi connectivity index (χ2n) is 6.12. The summed E-state index contributed by atoms with van der Waals surface area (Å²) in [7, 11) is -3.56. The van der Waals surface area contributed by atoms with Crippen LogP contribution in [0.25, 0.3) is 5.69 Å². The number of halogens is 3. The predicted molar refractivity (Wildman–Crippen MR) is 92.9 cm³/mol. The van der Waals surface area contributed by atoms with Crippen molar-refractivity contribution in [2.45, 2.75) is 44.4 Å². The van der Waals surface area contributed by atoms with E-state index in [2.05, 4.69) is 15.4 Å². The Morgan fingerprint density at radius 2 is 1.96 bits per heavy atom. The smallest absolute Gasteiger partial charge is 0.367 e. The lowest BCUT2D eigenvalue weighted by molar-refractivity contribution is -0.141. The molecule has 2 aromatic rings. The lowest BCUT2D eigenvalue weighted by atomic mass is 10.1. The van der Waals surface area contributed by atoms with Crippen LogP contribution in [-0.4, -0.2) is 41.3 Å². The summed E-state index contributed by atoms with van der Waals surface area (Å²) in [4.78, 5) is 15.7. The van der Waals surface area contributed by atoms with E-state index in [1.165, 1.54) is 12.1 Å². The Balaban J connectivity index is 2.72. The highest BCUT2D eigenvalue weighted by Gasteiger charge is 2.41. The van der Waals surface area contributed by atoms with Gasteiger partial charge in [-0.05, 0) is 32.4 Å². The van der Waals surface area contributed by atoms with Crippen LogP contribution in [0.5, 0.6) is 0 Å². The van der Waals surface area contributed by atoms with E-state index in [0.717, 1.165) is 24.1 Å². The number of carbonyl (C=O) groups excluding carboxylic acids is 1. The highest BCUT2D eigenvalue weighted by Crippen LogP contribution is 2.36. The molecule has 7 nitrogen and oxygen atoms in total. The zero-order chi connectivity index (χ0) is 20.6. The third kappa shape index (κ3) is 4.46. The number of anilines is 1. The molecule has 0 aliphatic carbocycles. The molecule has 0 spiro atoms. The van der Waals surface area contributed by atoms with Gasteiger partial charge in [-0.1, -0.05) is 6.92 Å². The van der Waals surface area contributed by atoms with Crippen molar-refractivity contribution < 1.29 is 26.4 Å². The molecule has 0 saturated heterocycles. The number of ketones is 1. The van der Waals surface area contributed by atoms with E-state index in [4.69, 9.17) is 0 Å². The summed E-state index contributed by atoms with van der Waals surface area (Å²) in [5.74, 6) is -0.904. The van der Waals surface area contributed by atoms with Gasteiger partial charge in [-0.2, -0.15) is 18.3 Å². The summed E-state index contributed by atoms with van der Waals surface area (Å²) in [6.45, 7) is 4.61. The first-order valence-electron chi connectivity index (χ1n) is 8.00. The van der Waals surface area contributed by atoms with Crippen LogP contribution in [0, 0.1) is 0 Å². The normalized spacial score (nSPS) is 13.4. The van der Waals surface area contributed by atoms with Crippen LogP contribution in [0.2, 0.25) is 0 Å². The number of carbonyl (C=O) groups is 1. The molecule has 0 saturated carbocycles. The van der Waals surface area contributed by atoms with E-state index in [1.807, 2.05) is 6.92 Å². The number of sulfone groups is 1. The molecule has 11 heteroatoms. The molecule has 0 radical (unpaired) electrons.